The summed E-state index contributed by atoms with van der Waals surface area (Å²) >= 11 is 0. The molecule has 4 rings (SSSR count). The molecule has 0 unspecified atom stereocenters. The summed E-state index contributed by atoms with van der Waals surface area (Å²) in [7, 11) is 0. The molecule has 1 aromatic rings. The van der Waals surface area contributed by atoms with Crippen LogP contribution in [0, 0.1) is 5.92 Å². The van der Waals surface area contributed by atoms with Crippen LogP contribution >= 0.6 is 0 Å². The van der Waals surface area contributed by atoms with E-state index in [0.717, 1.165) is 19.4 Å². The summed E-state index contributed by atoms with van der Waals surface area (Å²) in [5.41, 5.74) is 0.561. The number of fused-ring (bicyclic) bond motifs is 1. The number of aromatic amines is 1. The van der Waals surface area contributed by atoms with Gasteiger partial charge in [-0.3, -0.25) is 24.1 Å². The fourth-order valence-corrected chi connectivity index (χ4v) is 4.16. The van der Waals surface area contributed by atoms with Crippen LogP contribution in [0.5, 0.6) is 0 Å². The van der Waals surface area contributed by atoms with Gasteiger partial charge < -0.3 is 15.4 Å². The molecule has 0 aliphatic heterocycles. The number of rotatable bonds is 7. The summed E-state index contributed by atoms with van der Waals surface area (Å²) in [5, 5.41) is 12.0. The Morgan fingerprint density at radius 3 is 2.64 bits per heavy atom. The van der Waals surface area contributed by atoms with E-state index in [9.17, 15) is 19.2 Å². The van der Waals surface area contributed by atoms with E-state index in [-0.39, 0.29) is 30.0 Å². The number of Topliss-reactive ketones (excluding diaryl/α,β-unsaturated/α-hetero) is 1. The zero-order valence-corrected chi connectivity index (χ0v) is 15.7. The first-order valence-corrected chi connectivity index (χ1v) is 9.97. The van der Waals surface area contributed by atoms with Crippen LogP contribution in [0.3, 0.4) is 0 Å². The average Bonchev–Trinajstić information content (AvgIpc) is 3.40. The fraction of sp³-hybridized carbons (Fsp3) is 0.600. The molecule has 28 heavy (non-hydrogen) atoms. The van der Waals surface area contributed by atoms with Gasteiger partial charge in [0.25, 0.3) is 11.5 Å². The molecule has 1 heterocycles. The van der Waals surface area contributed by atoms with E-state index in [2.05, 4.69) is 10.3 Å². The molecular formula is C20H25N3O5. The van der Waals surface area contributed by atoms with Crippen molar-refractivity contribution in [2.75, 3.05) is 13.1 Å². The quantitative estimate of drug-likeness (QED) is 0.641. The largest absolute Gasteiger partial charge is 0.480 e. The van der Waals surface area contributed by atoms with Gasteiger partial charge >= 0.3 is 5.97 Å². The number of carbonyl (C=O) groups excluding carboxylic acids is 2. The zero-order valence-electron chi connectivity index (χ0n) is 15.7. The third kappa shape index (κ3) is 4.01. The van der Waals surface area contributed by atoms with Crippen molar-refractivity contribution in [1.29, 1.82) is 0 Å². The Morgan fingerprint density at radius 2 is 1.96 bits per heavy atom. The van der Waals surface area contributed by atoms with Crippen LogP contribution in [-0.4, -0.2) is 57.8 Å². The van der Waals surface area contributed by atoms with Crippen LogP contribution in [0.15, 0.2) is 10.9 Å². The number of pyridine rings is 1. The second-order valence-corrected chi connectivity index (χ2v) is 8.24. The van der Waals surface area contributed by atoms with Gasteiger partial charge in [0.15, 0.2) is 5.78 Å². The predicted octanol–water partition coefficient (Wildman–Crippen LogP) is 0.951. The van der Waals surface area contributed by atoms with Gasteiger partial charge in [-0.25, -0.2) is 0 Å². The average molecular weight is 387 g/mol. The van der Waals surface area contributed by atoms with Crippen molar-refractivity contribution in [3.05, 3.63) is 33.2 Å². The Labute approximate surface area is 162 Å². The number of aryl methyl sites for hydroxylation is 1. The molecular weight excluding hydrogens is 362 g/mol. The van der Waals surface area contributed by atoms with Crippen LogP contribution in [0.4, 0.5) is 0 Å². The minimum Gasteiger partial charge on any atom is -0.480 e. The van der Waals surface area contributed by atoms with Crippen molar-refractivity contribution < 1.29 is 19.5 Å². The van der Waals surface area contributed by atoms with Crippen LogP contribution in [0.2, 0.25) is 0 Å². The first-order chi connectivity index (χ1) is 13.4. The van der Waals surface area contributed by atoms with Gasteiger partial charge in [0, 0.05) is 36.3 Å². The van der Waals surface area contributed by atoms with Crippen LogP contribution in [-0.2, 0) is 11.2 Å². The van der Waals surface area contributed by atoms with Crippen molar-refractivity contribution in [1.82, 2.24) is 15.2 Å². The lowest BCUT2D eigenvalue weighted by Gasteiger charge is -2.42. The molecule has 0 bridgehead atoms. The Kier molecular flexibility index (Phi) is 5.05. The first-order valence-electron chi connectivity index (χ1n) is 9.97. The SMILES string of the molecule is O=C(O)CN(CC1CC1)C1CC(NC(=O)c2cc3c([nH]c2=O)CCCC3=O)C1. The van der Waals surface area contributed by atoms with Crippen molar-refractivity contribution >= 4 is 17.7 Å². The maximum Gasteiger partial charge on any atom is 0.317 e. The molecule has 0 aromatic carbocycles. The molecule has 3 aliphatic carbocycles. The minimum atomic E-state index is -0.835. The Balaban J connectivity index is 1.37. The number of hydrogen-bond donors (Lipinski definition) is 3. The fourth-order valence-electron chi connectivity index (χ4n) is 4.16. The second kappa shape index (κ2) is 7.50. The highest BCUT2D eigenvalue weighted by Crippen LogP contribution is 2.33. The number of amides is 1. The molecule has 0 atom stereocenters. The molecule has 0 spiro atoms. The van der Waals surface area contributed by atoms with Gasteiger partial charge in [-0.1, -0.05) is 0 Å². The van der Waals surface area contributed by atoms with Gasteiger partial charge in [-0.05, 0) is 50.5 Å². The number of nitrogens with one attached hydrogen (secondary N) is 2. The van der Waals surface area contributed by atoms with Crippen LogP contribution in [0.25, 0.3) is 0 Å². The summed E-state index contributed by atoms with van der Waals surface area (Å²) in [6.45, 7) is 0.818. The highest BCUT2D eigenvalue weighted by molar-refractivity contribution is 6.01. The Hall–Kier alpha value is -2.48. The maximum absolute atomic E-state index is 12.6. The molecule has 150 valence electrons. The number of carboxylic acid groups (broad SMARTS) is 1. The van der Waals surface area contributed by atoms with Crippen molar-refractivity contribution in [3.63, 3.8) is 0 Å². The lowest BCUT2D eigenvalue weighted by Crippen LogP contribution is -2.55. The molecule has 3 aliphatic rings. The van der Waals surface area contributed by atoms with Gasteiger partial charge in [0.2, 0.25) is 0 Å². The van der Waals surface area contributed by atoms with E-state index < -0.39 is 17.4 Å². The molecule has 1 amide bonds. The lowest BCUT2D eigenvalue weighted by molar-refractivity contribution is -0.139. The number of aliphatic carboxylic acids is 1. The van der Waals surface area contributed by atoms with Gasteiger partial charge in [0.05, 0.1) is 6.54 Å². The molecule has 2 saturated carbocycles. The Bertz CT molecular complexity index is 867. The van der Waals surface area contributed by atoms with Crippen molar-refractivity contribution in [3.8, 4) is 0 Å². The van der Waals surface area contributed by atoms with Crippen LogP contribution < -0.4 is 10.9 Å². The van der Waals surface area contributed by atoms with Crippen molar-refractivity contribution in [2.24, 2.45) is 5.92 Å². The minimum absolute atomic E-state index is 0.0223. The third-order valence-electron chi connectivity index (χ3n) is 5.99. The monoisotopic (exact) mass is 387 g/mol. The highest BCUT2D eigenvalue weighted by Gasteiger charge is 2.38. The number of aromatic nitrogens is 1. The second-order valence-electron chi connectivity index (χ2n) is 8.24. The van der Waals surface area contributed by atoms with E-state index in [1.807, 2.05) is 4.90 Å². The molecule has 1 aromatic heterocycles. The van der Waals surface area contributed by atoms with Gasteiger partial charge in [-0.15, -0.1) is 0 Å². The summed E-state index contributed by atoms with van der Waals surface area (Å²) < 4.78 is 0. The maximum atomic E-state index is 12.6. The number of H-pyrrole nitrogens is 1. The smallest absolute Gasteiger partial charge is 0.317 e. The topological polar surface area (TPSA) is 120 Å². The standard InChI is InChI=1S/C20H25N3O5/c24-17-3-1-2-16-14(17)8-15(20(28)22-16)19(27)21-12-6-13(7-12)23(10-18(25)26)9-11-4-5-11/h8,11-13H,1-7,9-10H2,(H,21,27)(H,22,28)(H,25,26). The summed E-state index contributed by atoms with van der Waals surface area (Å²) in [6.07, 6.45) is 5.45. The number of nitrogens with zero attached hydrogens (tertiary/aromatic N) is 1. The third-order valence-corrected chi connectivity index (χ3v) is 5.99. The lowest BCUT2D eigenvalue weighted by atomic mass is 9.85. The molecule has 3 N–H and O–H groups in total. The van der Waals surface area contributed by atoms with E-state index in [0.29, 0.717) is 49.3 Å². The summed E-state index contributed by atoms with van der Waals surface area (Å²) in [6, 6.07) is 1.48. The van der Waals surface area contributed by atoms with Crippen LogP contribution in [0.1, 0.15) is 64.9 Å². The Morgan fingerprint density at radius 1 is 1.21 bits per heavy atom. The molecule has 0 radical (unpaired) electrons. The normalized spacial score (nSPS) is 23.8. The molecule has 8 heteroatoms. The van der Waals surface area contributed by atoms with E-state index in [1.54, 1.807) is 0 Å². The molecule has 2 fully saturated rings. The van der Waals surface area contributed by atoms with Gasteiger partial charge in [-0.2, -0.15) is 0 Å². The van der Waals surface area contributed by atoms with E-state index in [1.165, 1.54) is 6.07 Å². The molecule has 8 nitrogen and oxygen atoms in total. The van der Waals surface area contributed by atoms with E-state index >= 15 is 0 Å². The zero-order chi connectivity index (χ0) is 19.8. The summed E-state index contributed by atoms with van der Waals surface area (Å²) in [4.78, 5) is 52.6. The summed E-state index contributed by atoms with van der Waals surface area (Å²) in [5.74, 6) is -0.754. The predicted molar refractivity (Wildman–Crippen MR) is 101 cm³/mol. The number of carbonyl (C=O) groups is 3. The molecule has 0 saturated heterocycles. The van der Waals surface area contributed by atoms with Crippen molar-refractivity contribution in [2.45, 2.75) is 57.0 Å². The number of ketones is 1. The highest BCUT2D eigenvalue weighted by atomic mass is 16.4. The van der Waals surface area contributed by atoms with E-state index in [4.69, 9.17) is 5.11 Å². The number of hydrogen-bond acceptors (Lipinski definition) is 5. The first kappa shape index (κ1) is 18.9. The van der Waals surface area contributed by atoms with Gasteiger partial charge in [0.1, 0.15) is 5.56 Å². The number of carboxylic acids is 1.